The van der Waals surface area contributed by atoms with Crippen molar-refractivity contribution in [2.24, 2.45) is 5.92 Å². The van der Waals surface area contributed by atoms with Crippen molar-refractivity contribution in [3.63, 3.8) is 0 Å². The third-order valence-electron chi connectivity index (χ3n) is 5.21. The van der Waals surface area contributed by atoms with Gasteiger partial charge in [0, 0.05) is 30.3 Å². The van der Waals surface area contributed by atoms with Crippen LogP contribution in [-0.4, -0.2) is 50.1 Å². The summed E-state index contributed by atoms with van der Waals surface area (Å²) in [6.45, 7) is 0. The van der Waals surface area contributed by atoms with E-state index in [4.69, 9.17) is 0 Å². The number of hydrogen-bond acceptors (Lipinski definition) is 7. The van der Waals surface area contributed by atoms with Crippen LogP contribution in [0.2, 0.25) is 0 Å². The lowest BCUT2D eigenvalue weighted by atomic mass is 9.87. The molecule has 1 unspecified atom stereocenters. The number of H-pyrrole nitrogens is 1. The third kappa shape index (κ3) is 2.78. The van der Waals surface area contributed by atoms with Crippen LogP contribution in [0.5, 0.6) is 0 Å². The number of aromatic nitrogens is 5. The first kappa shape index (κ1) is 17.1. The predicted molar refractivity (Wildman–Crippen MR) is 109 cm³/mol. The molecule has 1 aliphatic carbocycles. The van der Waals surface area contributed by atoms with Gasteiger partial charge in [0.15, 0.2) is 0 Å². The van der Waals surface area contributed by atoms with Gasteiger partial charge in [-0.05, 0) is 30.9 Å². The fourth-order valence-corrected chi connectivity index (χ4v) is 5.08. The zero-order valence-corrected chi connectivity index (χ0v) is 16.4. The number of pyridine rings is 1. The lowest BCUT2D eigenvalue weighted by molar-refractivity contribution is -0.133. The minimum absolute atomic E-state index is 0.0464. The van der Waals surface area contributed by atoms with Crippen molar-refractivity contribution in [3.8, 4) is 0 Å². The van der Waals surface area contributed by atoms with Crippen LogP contribution in [0.3, 0.4) is 0 Å². The van der Waals surface area contributed by atoms with Crippen molar-refractivity contribution in [1.82, 2.24) is 30.0 Å². The van der Waals surface area contributed by atoms with Crippen LogP contribution in [0.25, 0.3) is 21.1 Å². The molecule has 0 saturated heterocycles. The molecule has 142 valence electrons. The SMILES string of the molecule is CN(C)C(=O)C1CCc2c(sc3ncnc(Nc4cc5cn[nH]c5cn4)c23)C1. The largest absolute Gasteiger partial charge is 0.349 e. The van der Waals surface area contributed by atoms with Crippen LogP contribution in [0.15, 0.2) is 24.8 Å². The lowest BCUT2D eigenvalue weighted by Crippen LogP contribution is -2.32. The standard InChI is InChI=1S/C19H19N7OS/c1-26(2)19(27)10-3-4-12-14(5-10)28-18-16(12)17(21-9-22-18)24-15-6-11-7-23-25-13(11)8-20-15/h6-10H,3-5H2,1-2H3,(H,23,25)(H,20,21,22,24). The van der Waals surface area contributed by atoms with Gasteiger partial charge in [0.05, 0.1) is 23.3 Å². The number of amides is 1. The van der Waals surface area contributed by atoms with Crippen molar-refractivity contribution >= 4 is 50.0 Å². The van der Waals surface area contributed by atoms with Crippen LogP contribution in [-0.2, 0) is 17.6 Å². The van der Waals surface area contributed by atoms with Gasteiger partial charge in [-0.25, -0.2) is 15.0 Å². The second-order valence-corrected chi connectivity index (χ2v) is 8.31. The molecule has 1 amide bonds. The molecule has 1 aliphatic rings. The molecule has 5 rings (SSSR count). The molecular weight excluding hydrogens is 374 g/mol. The van der Waals surface area contributed by atoms with E-state index in [2.05, 4.69) is 30.5 Å². The van der Waals surface area contributed by atoms with Gasteiger partial charge >= 0.3 is 0 Å². The van der Waals surface area contributed by atoms with E-state index >= 15 is 0 Å². The van der Waals surface area contributed by atoms with Crippen LogP contribution in [0.1, 0.15) is 16.9 Å². The van der Waals surface area contributed by atoms with Crippen LogP contribution < -0.4 is 5.32 Å². The molecule has 0 radical (unpaired) electrons. The van der Waals surface area contributed by atoms with E-state index in [-0.39, 0.29) is 11.8 Å². The fourth-order valence-electron chi connectivity index (χ4n) is 3.81. The zero-order chi connectivity index (χ0) is 19.3. The minimum Gasteiger partial charge on any atom is -0.349 e. The zero-order valence-electron chi connectivity index (χ0n) is 15.6. The minimum atomic E-state index is 0.0464. The highest BCUT2D eigenvalue weighted by molar-refractivity contribution is 7.19. The van der Waals surface area contributed by atoms with Gasteiger partial charge in [-0.2, -0.15) is 5.10 Å². The average Bonchev–Trinajstić information content (AvgIpc) is 3.30. The fraction of sp³-hybridized carbons (Fsp3) is 0.316. The quantitative estimate of drug-likeness (QED) is 0.555. The monoisotopic (exact) mass is 393 g/mol. The lowest BCUT2D eigenvalue weighted by Gasteiger charge is -2.24. The number of rotatable bonds is 3. The maximum Gasteiger partial charge on any atom is 0.225 e. The van der Waals surface area contributed by atoms with Gasteiger partial charge in [0.1, 0.15) is 22.8 Å². The summed E-state index contributed by atoms with van der Waals surface area (Å²) >= 11 is 1.66. The van der Waals surface area contributed by atoms with Crippen molar-refractivity contribution < 1.29 is 4.79 Å². The second kappa shape index (κ2) is 6.52. The first-order valence-corrected chi connectivity index (χ1v) is 9.94. The summed E-state index contributed by atoms with van der Waals surface area (Å²) in [5, 5.41) is 12.3. The Labute approximate surface area is 165 Å². The van der Waals surface area contributed by atoms with Gasteiger partial charge in [0.2, 0.25) is 5.91 Å². The molecule has 0 bridgehead atoms. The number of thiophene rings is 1. The molecule has 4 heterocycles. The van der Waals surface area contributed by atoms with E-state index in [0.29, 0.717) is 5.82 Å². The number of aryl methyl sites for hydroxylation is 1. The topological polar surface area (TPSA) is 99.7 Å². The Balaban J connectivity index is 1.52. The van der Waals surface area contributed by atoms with Crippen LogP contribution in [0.4, 0.5) is 11.6 Å². The summed E-state index contributed by atoms with van der Waals surface area (Å²) in [5.41, 5.74) is 2.15. The molecule has 9 heteroatoms. The van der Waals surface area contributed by atoms with E-state index < -0.39 is 0 Å². The number of carbonyl (C=O) groups excluding carboxylic acids is 1. The average molecular weight is 393 g/mol. The number of nitrogens with one attached hydrogen (secondary N) is 2. The Morgan fingerprint density at radius 3 is 3.04 bits per heavy atom. The van der Waals surface area contributed by atoms with Crippen molar-refractivity contribution in [2.45, 2.75) is 19.3 Å². The molecule has 0 saturated carbocycles. The molecule has 2 N–H and O–H groups in total. The first-order chi connectivity index (χ1) is 13.6. The van der Waals surface area contributed by atoms with Crippen molar-refractivity contribution in [2.75, 3.05) is 19.4 Å². The first-order valence-electron chi connectivity index (χ1n) is 9.12. The van der Waals surface area contributed by atoms with Gasteiger partial charge in [0.25, 0.3) is 0 Å². The van der Waals surface area contributed by atoms with E-state index in [9.17, 15) is 4.79 Å². The second-order valence-electron chi connectivity index (χ2n) is 7.23. The number of nitrogens with zero attached hydrogens (tertiary/aromatic N) is 5. The maximum atomic E-state index is 12.4. The number of hydrogen-bond donors (Lipinski definition) is 2. The van der Waals surface area contributed by atoms with E-state index in [1.165, 1.54) is 10.4 Å². The molecule has 0 fully saturated rings. The Kier molecular flexibility index (Phi) is 3.97. The highest BCUT2D eigenvalue weighted by Crippen LogP contribution is 2.40. The number of fused-ring (bicyclic) bond motifs is 4. The maximum absolute atomic E-state index is 12.4. The summed E-state index contributed by atoms with van der Waals surface area (Å²) in [5.74, 6) is 1.72. The van der Waals surface area contributed by atoms with Crippen LogP contribution >= 0.6 is 11.3 Å². The van der Waals surface area contributed by atoms with E-state index in [0.717, 1.165) is 46.2 Å². The molecule has 1 atom stereocenters. The van der Waals surface area contributed by atoms with E-state index in [1.807, 2.05) is 20.2 Å². The number of anilines is 2. The molecule has 4 aromatic rings. The van der Waals surface area contributed by atoms with Gasteiger partial charge in [-0.1, -0.05) is 0 Å². The Morgan fingerprint density at radius 1 is 1.29 bits per heavy atom. The number of aromatic amines is 1. The molecular formula is C19H19N7OS. The Morgan fingerprint density at radius 2 is 2.18 bits per heavy atom. The molecule has 28 heavy (non-hydrogen) atoms. The highest BCUT2D eigenvalue weighted by atomic mass is 32.1. The predicted octanol–water partition coefficient (Wildman–Crippen LogP) is 2.90. The molecule has 0 spiro atoms. The normalized spacial score (nSPS) is 16.3. The molecule has 4 aromatic heterocycles. The van der Waals surface area contributed by atoms with E-state index in [1.54, 1.807) is 35.0 Å². The summed E-state index contributed by atoms with van der Waals surface area (Å²) in [6.07, 6.45) is 7.58. The summed E-state index contributed by atoms with van der Waals surface area (Å²) in [6, 6.07) is 1.94. The number of carbonyl (C=O) groups is 1. The van der Waals surface area contributed by atoms with Gasteiger partial charge in [-0.3, -0.25) is 9.89 Å². The smallest absolute Gasteiger partial charge is 0.225 e. The molecule has 8 nitrogen and oxygen atoms in total. The third-order valence-corrected chi connectivity index (χ3v) is 6.37. The molecule has 0 aromatic carbocycles. The van der Waals surface area contributed by atoms with Gasteiger partial charge in [-0.15, -0.1) is 11.3 Å². The van der Waals surface area contributed by atoms with Crippen molar-refractivity contribution in [3.05, 3.63) is 35.2 Å². The Bertz CT molecular complexity index is 1200. The molecule has 0 aliphatic heterocycles. The van der Waals surface area contributed by atoms with Crippen molar-refractivity contribution in [1.29, 1.82) is 0 Å². The van der Waals surface area contributed by atoms with Crippen LogP contribution in [0, 0.1) is 5.92 Å². The highest BCUT2D eigenvalue weighted by Gasteiger charge is 2.29. The Hall–Kier alpha value is -3.07. The van der Waals surface area contributed by atoms with Gasteiger partial charge < -0.3 is 10.2 Å². The summed E-state index contributed by atoms with van der Waals surface area (Å²) in [4.78, 5) is 29.7. The summed E-state index contributed by atoms with van der Waals surface area (Å²) < 4.78 is 0. The summed E-state index contributed by atoms with van der Waals surface area (Å²) in [7, 11) is 3.64.